The molecule has 0 amide bonds. The molecule has 1 heterocycles. The van der Waals surface area contributed by atoms with Gasteiger partial charge in [0.2, 0.25) is 0 Å². The highest BCUT2D eigenvalue weighted by molar-refractivity contribution is 6.41. The second-order valence-electron chi connectivity index (χ2n) is 3.78. The summed E-state index contributed by atoms with van der Waals surface area (Å²) >= 11 is 0. The predicted octanol–water partition coefficient (Wildman–Crippen LogP) is 1.31. The summed E-state index contributed by atoms with van der Waals surface area (Å²) in [6.45, 7) is 2.07. The van der Waals surface area contributed by atoms with Crippen LogP contribution in [0.3, 0.4) is 0 Å². The van der Waals surface area contributed by atoms with Gasteiger partial charge in [0.05, 0.1) is 25.9 Å². The second kappa shape index (κ2) is 5.71. The lowest BCUT2D eigenvalue weighted by molar-refractivity contribution is -0.137. The van der Waals surface area contributed by atoms with Crippen LogP contribution >= 0.6 is 0 Å². The molecular weight excluding hydrogens is 252 g/mol. The van der Waals surface area contributed by atoms with Crippen molar-refractivity contribution in [1.82, 2.24) is 0 Å². The second-order valence-corrected chi connectivity index (χ2v) is 3.78. The number of esters is 1. The number of ether oxygens (including phenoxy) is 4. The zero-order chi connectivity index (χ0) is 13.8. The Morgan fingerprint density at radius 1 is 1.37 bits per heavy atom. The number of Topliss-reactive ketones (excluding diaryl/α,β-unsaturated/α-hetero) is 1. The van der Waals surface area contributed by atoms with Crippen LogP contribution in [0.2, 0.25) is 0 Å². The SMILES string of the molecule is CCOC(=O)C(=O)c1c(OC)ccc2c1COCO2. The van der Waals surface area contributed by atoms with Crippen LogP contribution in [-0.4, -0.2) is 32.3 Å². The van der Waals surface area contributed by atoms with Crippen molar-refractivity contribution in [2.75, 3.05) is 20.5 Å². The number of hydrogen-bond acceptors (Lipinski definition) is 6. The van der Waals surface area contributed by atoms with Crippen LogP contribution in [-0.2, 0) is 20.9 Å². The number of rotatable bonds is 4. The first-order valence-electron chi connectivity index (χ1n) is 5.80. The molecule has 0 saturated heterocycles. The van der Waals surface area contributed by atoms with Gasteiger partial charge in [0.15, 0.2) is 6.79 Å². The van der Waals surface area contributed by atoms with Gasteiger partial charge in [-0.3, -0.25) is 4.79 Å². The zero-order valence-electron chi connectivity index (χ0n) is 10.7. The van der Waals surface area contributed by atoms with E-state index in [4.69, 9.17) is 18.9 Å². The van der Waals surface area contributed by atoms with Crippen LogP contribution in [0.4, 0.5) is 0 Å². The molecule has 1 aliphatic heterocycles. The zero-order valence-corrected chi connectivity index (χ0v) is 10.7. The molecule has 1 aliphatic rings. The Morgan fingerprint density at radius 3 is 2.84 bits per heavy atom. The molecule has 0 aliphatic carbocycles. The Morgan fingerprint density at radius 2 is 2.16 bits per heavy atom. The number of methoxy groups -OCH3 is 1. The lowest BCUT2D eigenvalue weighted by atomic mass is 10.0. The average Bonchev–Trinajstić information content (AvgIpc) is 2.45. The number of ketones is 1. The number of fused-ring (bicyclic) bond motifs is 1. The first kappa shape index (κ1) is 13.4. The molecule has 0 atom stereocenters. The normalized spacial score (nSPS) is 13.2. The van der Waals surface area contributed by atoms with Gasteiger partial charge in [0, 0.05) is 5.56 Å². The van der Waals surface area contributed by atoms with Gasteiger partial charge in [-0.15, -0.1) is 0 Å². The lowest BCUT2D eigenvalue weighted by Crippen LogP contribution is -2.22. The van der Waals surface area contributed by atoms with Crippen LogP contribution in [0, 0.1) is 0 Å². The summed E-state index contributed by atoms with van der Waals surface area (Å²) in [6, 6.07) is 3.26. The highest BCUT2D eigenvalue weighted by Gasteiger charge is 2.28. The van der Waals surface area contributed by atoms with E-state index in [0.29, 0.717) is 17.1 Å². The number of carbonyl (C=O) groups excluding carboxylic acids is 2. The minimum absolute atomic E-state index is 0.117. The Labute approximate surface area is 110 Å². The fraction of sp³-hybridized carbons (Fsp3) is 0.385. The molecule has 6 heteroatoms. The van der Waals surface area contributed by atoms with E-state index in [1.807, 2.05) is 0 Å². The molecule has 0 spiro atoms. The molecule has 0 unspecified atom stereocenters. The van der Waals surface area contributed by atoms with Gasteiger partial charge in [-0.2, -0.15) is 0 Å². The molecule has 2 rings (SSSR count). The number of carbonyl (C=O) groups is 2. The van der Waals surface area contributed by atoms with E-state index in [9.17, 15) is 9.59 Å². The van der Waals surface area contributed by atoms with Crippen LogP contribution in [0.1, 0.15) is 22.8 Å². The maximum absolute atomic E-state index is 12.1. The first-order valence-corrected chi connectivity index (χ1v) is 5.80. The summed E-state index contributed by atoms with van der Waals surface area (Å²) in [7, 11) is 1.42. The van der Waals surface area contributed by atoms with Crippen LogP contribution in [0.25, 0.3) is 0 Å². The van der Waals surface area contributed by atoms with Gasteiger partial charge in [-0.1, -0.05) is 0 Å². The third kappa shape index (κ3) is 2.53. The largest absolute Gasteiger partial charge is 0.496 e. The molecule has 6 nitrogen and oxygen atoms in total. The summed E-state index contributed by atoms with van der Waals surface area (Å²) < 4.78 is 20.3. The van der Waals surface area contributed by atoms with Crippen LogP contribution < -0.4 is 9.47 Å². The highest BCUT2D eigenvalue weighted by Crippen LogP contribution is 2.33. The molecule has 0 aromatic heterocycles. The summed E-state index contributed by atoms with van der Waals surface area (Å²) in [6.07, 6.45) is 0. The van der Waals surface area contributed by atoms with Gasteiger partial charge >= 0.3 is 5.97 Å². The van der Waals surface area contributed by atoms with Gasteiger partial charge in [0.1, 0.15) is 11.5 Å². The van der Waals surface area contributed by atoms with Gasteiger partial charge in [-0.25, -0.2) is 4.79 Å². The van der Waals surface area contributed by atoms with Crippen molar-refractivity contribution in [3.8, 4) is 11.5 Å². The van der Waals surface area contributed by atoms with Crippen LogP contribution in [0.5, 0.6) is 11.5 Å². The van der Waals surface area contributed by atoms with E-state index < -0.39 is 11.8 Å². The monoisotopic (exact) mass is 266 g/mol. The Hall–Kier alpha value is -2.08. The molecule has 0 fully saturated rings. The molecular formula is C13H14O6. The predicted molar refractivity (Wildman–Crippen MR) is 64.2 cm³/mol. The molecule has 1 aromatic carbocycles. The smallest absolute Gasteiger partial charge is 0.379 e. The quantitative estimate of drug-likeness (QED) is 0.465. The van der Waals surface area contributed by atoms with E-state index in [0.717, 1.165) is 0 Å². The van der Waals surface area contributed by atoms with Crippen molar-refractivity contribution in [3.63, 3.8) is 0 Å². The Bertz CT molecular complexity index is 508. The highest BCUT2D eigenvalue weighted by atomic mass is 16.7. The standard InChI is InChI=1S/C13H14O6/c1-3-18-13(15)12(14)11-8-6-17-7-19-9(8)4-5-10(11)16-2/h4-5H,3,6-7H2,1-2H3. The first-order chi connectivity index (χ1) is 9.19. The van der Waals surface area contributed by atoms with E-state index in [1.165, 1.54) is 7.11 Å². The summed E-state index contributed by atoms with van der Waals surface area (Å²) in [5.74, 6) is -0.866. The topological polar surface area (TPSA) is 71.1 Å². The molecule has 102 valence electrons. The van der Waals surface area contributed by atoms with Crippen molar-refractivity contribution in [2.45, 2.75) is 13.5 Å². The fourth-order valence-corrected chi connectivity index (χ4v) is 1.85. The maximum Gasteiger partial charge on any atom is 0.379 e. The minimum Gasteiger partial charge on any atom is -0.496 e. The van der Waals surface area contributed by atoms with Crippen molar-refractivity contribution in [1.29, 1.82) is 0 Å². The summed E-state index contributed by atoms with van der Waals surface area (Å²) in [4.78, 5) is 23.7. The van der Waals surface area contributed by atoms with Gasteiger partial charge in [-0.05, 0) is 19.1 Å². The average molecular weight is 266 g/mol. The third-order valence-corrected chi connectivity index (χ3v) is 2.68. The molecule has 0 radical (unpaired) electrons. The van der Waals surface area contributed by atoms with Gasteiger partial charge in [0.25, 0.3) is 5.78 Å². The van der Waals surface area contributed by atoms with E-state index in [-0.39, 0.29) is 25.6 Å². The fourth-order valence-electron chi connectivity index (χ4n) is 1.85. The maximum atomic E-state index is 12.1. The van der Waals surface area contributed by atoms with E-state index in [1.54, 1.807) is 19.1 Å². The van der Waals surface area contributed by atoms with E-state index in [2.05, 4.69) is 0 Å². The Kier molecular flexibility index (Phi) is 4.01. The van der Waals surface area contributed by atoms with Crippen LogP contribution in [0.15, 0.2) is 12.1 Å². The summed E-state index contributed by atoms with van der Waals surface area (Å²) in [5.41, 5.74) is 0.641. The van der Waals surface area contributed by atoms with Crippen molar-refractivity contribution in [2.24, 2.45) is 0 Å². The van der Waals surface area contributed by atoms with E-state index >= 15 is 0 Å². The molecule has 19 heavy (non-hydrogen) atoms. The minimum atomic E-state index is -0.917. The molecule has 0 N–H and O–H groups in total. The lowest BCUT2D eigenvalue weighted by Gasteiger charge is -2.21. The molecule has 1 aromatic rings. The third-order valence-electron chi connectivity index (χ3n) is 2.68. The van der Waals surface area contributed by atoms with Crippen molar-refractivity contribution in [3.05, 3.63) is 23.3 Å². The Balaban J connectivity index is 2.47. The molecule has 0 bridgehead atoms. The summed E-state index contributed by atoms with van der Waals surface area (Å²) in [5, 5.41) is 0. The van der Waals surface area contributed by atoms with Crippen molar-refractivity contribution >= 4 is 11.8 Å². The number of hydrogen-bond donors (Lipinski definition) is 0. The van der Waals surface area contributed by atoms with Gasteiger partial charge < -0.3 is 18.9 Å². The molecule has 0 saturated carbocycles. The number of benzene rings is 1. The van der Waals surface area contributed by atoms with Crippen molar-refractivity contribution < 1.29 is 28.5 Å².